The molecule has 0 aliphatic rings. The predicted molar refractivity (Wildman–Crippen MR) is 81.0 cm³/mol. The molecule has 0 saturated carbocycles. The Morgan fingerprint density at radius 1 is 1.29 bits per heavy atom. The van der Waals surface area contributed by atoms with Crippen molar-refractivity contribution in [2.24, 2.45) is 0 Å². The summed E-state index contributed by atoms with van der Waals surface area (Å²) in [5, 5.41) is 5.73. The zero-order chi connectivity index (χ0) is 15.2. The normalized spacial score (nSPS) is 10.2. The smallest absolute Gasteiger partial charge is 0.252 e. The summed E-state index contributed by atoms with van der Waals surface area (Å²) in [4.78, 5) is 16.0. The van der Waals surface area contributed by atoms with Crippen LogP contribution in [-0.2, 0) is 6.42 Å². The van der Waals surface area contributed by atoms with Gasteiger partial charge in [-0.1, -0.05) is 6.07 Å². The molecule has 0 saturated heterocycles. The van der Waals surface area contributed by atoms with Crippen molar-refractivity contribution in [1.29, 1.82) is 0 Å². The summed E-state index contributed by atoms with van der Waals surface area (Å²) in [6.07, 6.45) is 2.20. The lowest BCUT2D eigenvalue weighted by molar-refractivity contribution is 0.0954. The number of aryl methyl sites for hydroxylation is 1. The van der Waals surface area contributed by atoms with E-state index in [4.69, 9.17) is 0 Å². The van der Waals surface area contributed by atoms with Gasteiger partial charge in [-0.05, 0) is 48.7 Å². The molecule has 2 aromatic rings. The zero-order valence-electron chi connectivity index (χ0n) is 12.1. The molecule has 0 aliphatic carbocycles. The van der Waals surface area contributed by atoms with E-state index in [1.54, 1.807) is 25.2 Å². The second-order valence-electron chi connectivity index (χ2n) is 4.76. The highest BCUT2D eigenvalue weighted by Crippen LogP contribution is 2.10. The van der Waals surface area contributed by atoms with E-state index >= 15 is 0 Å². The molecule has 110 valence electrons. The van der Waals surface area contributed by atoms with Crippen molar-refractivity contribution in [3.05, 3.63) is 59.0 Å². The van der Waals surface area contributed by atoms with Gasteiger partial charge in [-0.25, -0.2) is 9.37 Å². The van der Waals surface area contributed by atoms with Crippen LogP contribution in [0, 0.1) is 12.7 Å². The molecular weight excluding hydrogens is 269 g/mol. The molecule has 0 fully saturated rings. The number of pyridine rings is 1. The summed E-state index contributed by atoms with van der Waals surface area (Å²) in [6.45, 7) is 2.36. The Hall–Kier alpha value is -2.43. The van der Waals surface area contributed by atoms with Gasteiger partial charge in [-0.15, -0.1) is 0 Å². The average molecular weight is 287 g/mol. The quantitative estimate of drug-likeness (QED) is 0.888. The molecule has 1 aromatic heterocycles. The van der Waals surface area contributed by atoms with Gasteiger partial charge >= 0.3 is 0 Å². The molecule has 0 radical (unpaired) electrons. The van der Waals surface area contributed by atoms with E-state index in [0.717, 1.165) is 11.1 Å². The maximum absolute atomic E-state index is 13.0. The van der Waals surface area contributed by atoms with Gasteiger partial charge in [-0.2, -0.15) is 0 Å². The highest BCUT2D eigenvalue weighted by Gasteiger charge is 2.06. The van der Waals surface area contributed by atoms with Crippen molar-refractivity contribution in [3.63, 3.8) is 0 Å². The van der Waals surface area contributed by atoms with Gasteiger partial charge in [0.15, 0.2) is 0 Å². The second kappa shape index (κ2) is 6.83. The monoisotopic (exact) mass is 287 g/mol. The minimum absolute atomic E-state index is 0.162. The third kappa shape index (κ3) is 4.02. The lowest BCUT2D eigenvalue weighted by Crippen LogP contribution is -2.26. The summed E-state index contributed by atoms with van der Waals surface area (Å²) in [7, 11) is 1.77. The van der Waals surface area contributed by atoms with E-state index in [0.29, 0.717) is 24.3 Å². The Balaban J connectivity index is 1.88. The average Bonchev–Trinajstić information content (AvgIpc) is 2.49. The van der Waals surface area contributed by atoms with Crippen molar-refractivity contribution in [3.8, 4) is 0 Å². The number of rotatable bonds is 5. The highest BCUT2D eigenvalue weighted by molar-refractivity contribution is 5.94. The number of carbonyl (C=O) groups is 1. The first-order valence-electron chi connectivity index (χ1n) is 6.77. The summed E-state index contributed by atoms with van der Waals surface area (Å²) in [6, 6.07) is 8.15. The number of anilines is 1. The lowest BCUT2D eigenvalue weighted by Gasteiger charge is -2.08. The van der Waals surface area contributed by atoms with Crippen LogP contribution in [0.15, 0.2) is 36.5 Å². The fourth-order valence-electron chi connectivity index (χ4n) is 2.03. The Bertz CT molecular complexity index is 626. The number of hydrogen-bond acceptors (Lipinski definition) is 3. The van der Waals surface area contributed by atoms with E-state index in [1.165, 1.54) is 18.3 Å². The van der Waals surface area contributed by atoms with Gasteiger partial charge < -0.3 is 10.6 Å². The van der Waals surface area contributed by atoms with Crippen molar-refractivity contribution < 1.29 is 9.18 Å². The fraction of sp³-hybridized carbons (Fsp3) is 0.250. The van der Waals surface area contributed by atoms with E-state index in [2.05, 4.69) is 15.6 Å². The number of nitrogens with one attached hydrogen (secondary N) is 2. The molecule has 5 heteroatoms. The third-order valence-corrected chi connectivity index (χ3v) is 3.27. The maximum Gasteiger partial charge on any atom is 0.252 e. The molecule has 4 nitrogen and oxygen atoms in total. The fourth-order valence-corrected chi connectivity index (χ4v) is 2.03. The molecule has 0 aliphatic heterocycles. The van der Waals surface area contributed by atoms with E-state index in [9.17, 15) is 9.18 Å². The lowest BCUT2D eigenvalue weighted by atomic mass is 10.1. The van der Waals surface area contributed by atoms with Crippen LogP contribution in [0.2, 0.25) is 0 Å². The van der Waals surface area contributed by atoms with Gasteiger partial charge in [0.05, 0.1) is 5.56 Å². The largest absolute Gasteiger partial charge is 0.373 e. The molecular formula is C16H18FN3O. The topological polar surface area (TPSA) is 54.0 Å². The van der Waals surface area contributed by atoms with Gasteiger partial charge in [0.25, 0.3) is 5.91 Å². The van der Waals surface area contributed by atoms with E-state index in [-0.39, 0.29) is 11.7 Å². The maximum atomic E-state index is 13.0. The number of halogens is 1. The third-order valence-electron chi connectivity index (χ3n) is 3.27. The second-order valence-corrected chi connectivity index (χ2v) is 4.76. The number of carbonyl (C=O) groups excluding carboxylic acids is 1. The molecule has 2 N–H and O–H groups in total. The first-order chi connectivity index (χ1) is 10.1. The standard InChI is InChI=1S/C16H18FN3O/c1-11-9-14(17)5-3-12(11)7-8-19-16(21)13-4-6-15(18-2)20-10-13/h3-6,9-10H,7-8H2,1-2H3,(H,18,20)(H,19,21). The number of aromatic nitrogens is 1. The van der Waals surface area contributed by atoms with E-state index in [1.807, 2.05) is 6.92 Å². The summed E-state index contributed by atoms with van der Waals surface area (Å²) >= 11 is 0. The molecule has 2 rings (SSSR count). The Kier molecular flexibility index (Phi) is 4.87. The molecule has 1 amide bonds. The van der Waals surface area contributed by atoms with Crippen LogP contribution in [0.3, 0.4) is 0 Å². The van der Waals surface area contributed by atoms with Gasteiger partial charge in [0, 0.05) is 19.8 Å². The number of amides is 1. The molecule has 0 unspecified atom stereocenters. The van der Waals surface area contributed by atoms with Crippen LogP contribution in [0.1, 0.15) is 21.5 Å². The molecule has 21 heavy (non-hydrogen) atoms. The zero-order valence-corrected chi connectivity index (χ0v) is 12.1. The summed E-state index contributed by atoms with van der Waals surface area (Å²) in [5.41, 5.74) is 2.44. The highest BCUT2D eigenvalue weighted by atomic mass is 19.1. The van der Waals surface area contributed by atoms with Crippen molar-refractivity contribution in [2.75, 3.05) is 18.9 Å². The minimum Gasteiger partial charge on any atom is -0.373 e. The van der Waals surface area contributed by atoms with Crippen molar-refractivity contribution in [2.45, 2.75) is 13.3 Å². The summed E-state index contributed by atoms with van der Waals surface area (Å²) < 4.78 is 13.0. The molecule has 0 atom stereocenters. The van der Waals surface area contributed by atoms with Crippen LogP contribution < -0.4 is 10.6 Å². The molecule has 1 heterocycles. The van der Waals surface area contributed by atoms with Crippen molar-refractivity contribution in [1.82, 2.24) is 10.3 Å². The van der Waals surface area contributed by atoms with Gasteiger partial charge in [0.2, 0.25) is 0 Å². The van der Waals surface area contributed by atoms with E-state index < -0.39 is 0 Å². The summed E-state index contributed by atoms with van der Waals surface area (Å²) in [5.74, 6) is 0.314. The van der Waals surface area contributed by atoms with Crippen LogP contribution >= 0.6 is 0 Å². The molecule has 1 aromatic carbocycles. The first-order valence-corrected chi connectivity index (χ1v) is 6.77. The van der Waals surface area contributed by atoms with Gasteiger partial charge in [0.1, 0.15) is 11.6 Å². The number of hydrogen-bond donors (Lipinski definition) is 2. The first kappa shape index (κ1) is 15.0. The van der Waals surface area contributed by atoms with Crippen LogP contribution in [0.5, 0.6) is 0 Å². The number of benzene rings is 1. The predicted octanol–water partition coefficient (Wildman–Crippen LogP) is 2.54. The Morgan fingerprint density at radius 3 is 2.71 bits per heavy atom. The SMILES string of the molecule is CNc1ccc(C(=O)NCCc2ccc(F)cc2C)cn1. The Labute approximate surface area is 123 Å². The minimum atomic E-state index is -0.240. The molecule has 0 spiro atoms. The number of nitrogens with zero attached hydrogens (tertiary/aromatic N) is 1. The van der Waals surface area contributed by atoms with Crippen LogP contribution in [0.25, 0.3) is 0 Å². The Morgan fingerprint density at radius 2 is 2.10 bits per heavy atom. The van der Waals surface area contributed by atoms with Crippen LogP contribution in [-0.4, -0.2) is 24.5 Å². The van der Waals surface area contributed by atoms with Gasteiger partial charge in [-0.3, -0.25) is 4.79 Å². The van der Waals surface area contributed by atoms with Crippen molar-refractivity contribution >= 4 is 11.7 Å². The molecule has 0 bridgehead atoms. The van der Waals surface area contributed by atoms with Crippen LogP contribution in [0.4, 0.5) is 10.2 Å².